The molecular weight excluding hydrogens is 373 g/mol. The van der Waals surface area contributed by atoms with E-state index in [0.717, 1.165) is 0 Å². The number of rotatable bonds is 9. The molecule has 0 aliphatic heterocycles. The molecule has 0 fully saturated rings. The average Bonchev–Trinajstić information content (AvgIpc) is 2.43. The summed E-state index contributed by atoms with van der Waals surface area (Å²) in [4.78, 5) is 0. The van der Waals surface area contributed by atoms with Crippen LogP contribution >= 0.6 is 0 Å². The normalized spacial score (nSPS) is 13.3. The van der Waals surface area contributed by atoms with Crippen LogP contribution in [0.25, 0.3) is 0 Å². The van der Waals surface area contributed by atoms with Gasteiger partial charge in [-0.25, -0.2) is 0 Å². The molecule has 0 saturated carbocycles. The lowest BCUT2D eigenvalue weighted by Gasteiger charge is -2.32. The summed E-state index contributed by atoms with van der Waals surface area (Å²) < 4.78 is 0. The van der Waals surface area contributed by atoms with Gasteiger partial charge in [0, 0.05) is 24.2 Å². The van der Waals surface area contributed by atoms with E-state index >= 15 is 0 Å². The maximum atomic E-state index is 2.55. The third-order valence-electron chi connectivity index (χ3n) is 5.37. The fourth-order valence-electron chi connectivity index (χ4n) is 4.60. The highest BCUT2D eigenvalue weighted by Crippen LogP contribution is 2.35. The van der Waals surface area contributed by atoms with Gasteiger partial charge in [-0.1, -0.05) is 79.7 Å². The summed E-state index contributed by atoms with van der Waals surface area (Å²) in [6.07, 6.45) is 3.65. The molecule has 0 nitrogen and oxygen atoms in total. The molecule has 0 radical (unpaired) electrons. The van der Waals surface area contributed by atoms with E-state index in [1.807, 2.05) is 0 Å². The van der Waals surface area contributed by atoms with Crippen molar-refractivity contribution >= 4 is 24.2 Å². The molecule has 0 unspecified atom stereocenters. The Bertz CT molecular complexity index is 526. The molecule has 0 bridgehead atoms. The Morgan fingerprint density at radius 3 is 0.667 bits per heavy atom. The van der Waals surface area contributed by atoms with Gasteiger partial charge in [0.25, 0.3) is 0 Å². The Kier molecular flexibility index (Phi) is 8.42. The summed E-state index contributed by atoms with van der Waals surface area (Å²) in [7, 11) is -3.48. The lowest BCUT2D eigenvalue weighted by molar-refractivity contribution is 0.929. The summed E-state index contributed by atoms with van der Waals surface area (Å²) in [5.41, 5.74) is 10.6. The van der Waals surface area contributed by atoms with E-state index < -0.39 is 24.2 Å². The average molecular weight is 421 g/mol. The predicted octanol–water partition coefficient (Wildman–Crippen LogP) is 7.63. The number of benzene rings is 1. The van der Waals surface area contributed by atoms with E-state index in [1.54, 1.807) is 33.4 Å². The SMILES string of the molecule is CCc1c(C[Si](C)(C)C)c(CC)c(C[Si](C)(C)C)c(CC)c1C[Si](C)(C)C. The minimum Gasteiger partial charge on any atom is -0.0693 e. The second kappa shape index (κ2) is 9.13. The van der Waals surface area contributed by atoms with Gasteiger partial charge in [-0.3, -0.25) is 0 Å². The van der Waals surface area contributed by atoms with Crippen LogP contribution < -0.4 is 0 Å². The van der Waals surface area contributed by atoms with Crippen molar-refractivity contribution in [1.82, 2.24) is 0 Å². The molecule has 0 aliphatic rings. The van der Waals surface area contributed by atoms with Crippen LogP contribution in [0.1, 0.15) is 54.2 Å². The van der Waals surface area contributed by atoms with Gasteiger partial charge in [0.15, 0.2) is 0 Å². The third-order valence-corrected chi connectivity index (χ3v) is 9.61. The van der Waals surface area contributed by atoms with Crippen LogP contribution in [0.3, 0.4) is 0 Å². The van der Waals surface area contributed by atoms with E-state index in [2.05, 4.69) is 79.7 Å². The van der Waals surface area contributed by atoms with Gasteiger partial charge in [-0.05, 0) is 70.8 Å². The Balaban J connectivity index is 3.94. The molecule has 27 heavy (non-hydrogen) atoms. The van der Waals surface area contributed by atoms with Crippen LogP contribution in [-0.2, 0) is 37.4 Å². The number of hydrogen-bond acceptors (Lipinski definition) is 0. The fourth-order valence-corrected chi connectivity index (χ4v) is 9.07. The minimum absolute atomic E-state index is 1.16. The summed E-state index contributed by atoms with van der Waals surface area (Å²) in [5, 5.41) is 0. The topological polar surface area (TPSA) is 0 Å². The molecule has 156 valence electrons. The van der Waals surface area contributed by atoms with Crippen molar-refractivity contribution in [2.75, 3.05) is 0 Å². The monoisotopic (exact) mass is 420 g/mol. The summed E-state index contributed by atoms with van der Waals surface area (Å²) in [6.45, 7) is 30.2. The molecule has 1 rings (SSSR count). The van der Waals surface area contributed by atoms with Crippen molar-refractivity contribution in [2.24, 2.45) is 0 Å². The Morgan fingerprint density at radius 1 is 0.370 bits per heavy atom. The predicted molar refractivity (Wildman–Crippen MR) is 136 cm³/mol. The van der Waals surface area contributed by atoms with Gasteiger partial charge < -0.3 is 0 Å². The van der Waals surface area contributed by atoms with E-state index in [0.29, 0.717) is 0 Å². The number of hydrogen-bond donors (Lipinski definition) is 0. The molecule has 0 N–H and O–H groups in total. The molecule has 0 amide bonds. The Hall–Kier alpha value is -0.129. The largest absolute Gasteiger partial charge is 0.0693 e. The highest BCUT2D eigenvalue weighted by molar-refractivity contribution is 6.76. The van der Waals surface area contributed by atoms with E-state index in [4.69, 9.17) is 0 Å². The zero-order valence-corrected chi connectivity index (χ0v) is 23.7. The van der Waals surface area contributed by atoms with Gasteiger partial charge in [0.2, 0.25) is 0 Å². The lowest BCUT2D eigenvalue weighted by atomic mass is 9.85. The van der Waals surface area contributed by atoms with Crippen LogP contribution in [0.15, 0.2) is 0 Å². The molecule has 3 heteroatoms. The second-order valence-corrected chi connectivity index (χ2v) is 28.6. The summed E-state index contributed by atoms with van der Waals surface area (Å²) in [5.74, 6) is 0. The van der Waals surface area contributed by atoms with Gasteiger partial charge in [-0.15, -0.1) is 0 Å². The molecule has 0 aromatic heterocycles. The van der Waals surface area contributed by atoms with Crippen molar-refractivity contribution in [1.29, 1.82) is 0 Å². The quantitative estimate of drug-likeness (QED) is 0.360. The molecule has 1 aromatic rings. The molecular formula is C24H48Si3. The Labute approximate surface area is 174 Å². The molecule has 0 heterocycles. The zero-order chi connectivity index (χ0) is 21.2. The first-order valence-electron chi connectivity index (χ1n) is 11.3. The van der Waals surface area contributed by atoms with Gasteiger partial charge in [-0.2, -0.15) is 0 Å². The third kappa shape index (κ3) is 7.32. The molecule has 0 aliphatic carbocycles. The first kappa shape index (κ1) is 24.9. The molecule has 0 saturated heterocycles. The van der Waals surface area contributed by atoms with Crippen LogP contribution in [-0.4, -0.2) is 24.2 Å². The van der Waals surface area contributed by atoms with E-state index in [9.17, 15) is 0 Å². The molecule has 0 atom stereocenters. The van der Waals surface area contributed by atoms with Crippen molar-refractivity contribution < 1.29 is 0 Å². The van der Waals surface area contributed by atoms with Gasteiger partial charge in [0.1, 0.15) is 0 Å². The van der Waals surface area contributed by atoms with Crippen molar-refractivity contribution in [3.8, 4) is 0 Å². The van der Waals surface area contributed by atoms with Crippen LogP contribution in [0.5, 0.6) is 0 Å². The van der Waals surface area contributed by atoms with Crippen molar-refractivity contribution in [2.45, 2.75) is 117 Å². The molecule has 1 aromatic carbocycles. The summed E-state index contributed by atoms with van der Waals surface area (Å²) >= 11 is 0. The highest BCUT2D eigenvalue weighted by Gasteiger charge is 2.29. The minimum atomic E-state index is -1.16. The summed E-state index contributed by atoms with van der Waals surface area (Å²) in [6, 6.07) is 4.09. The van der Waals surface area contributed by atoms with E-state index in [-0.39, 0.29) is 0 Å². The first-order chi connectivity index (χ1) is 12.1. The van der Waals surface area contributed by atoms with Crippen LogP contribution in [0.4, 0.5) is 0 Å². The maximum absolute atomic E-state index is 2.55. The van der Waals surface area contributed by atoms with Gasteiger partial charge >= 0.3 is 0 Å². The lowest BCUT2D eigenvalue weighted by Crippen LogP contribution is -2.32. The second-order valence-electron chi connectivity index (χ2n) is 12.1. The Morgan fingerprint density at radius 2 is 0.556 bits per heavy atom. The van der Waals surface area contributed by atoms with E-state index in [1.165, 1.54) is 37.4 Å². The first-order valence-corrected chi connectivity index (χ1v) is 22.4. The van der Waals surface area contributed by atoms with Crippen molar-refractivity contribution in [3.63, 3.8) is 0 Å². The smallest absolute Gasteiger partial charge is 0.0487 e. The van der Waals surface area contributed by atoms with Crippen LogP contribution in [0, 0.1) is 0 Å². The molecule has 0 spiro atoms. The maximum Gasteiger partial charge on any atom is 0.0487 e. The zero-order valence-electron chi connectivity index (χ0n) is 20.7. The van der Waals surface area contributed by atoms with Crippen LogP contribution in [0.2, 0.25) is 58.9 Å². The van der Waals surface area contributed by atoms with Crippen molar-refractivity contribution in [3.05, 3.63) is 33.4 Å². The standard InChI is InChI=1S/C24H48Si3/c1-13-19-22(16-25(4,5)6)20(14-2)24(18-27(10,11)12)21(15-3)23(19)17-26(7,8)9/h13-18H2,1-12H3. The fraction of sp³-hybridized carbons (Fsp3) is 0.750. The van der Waals surface area contributed by atoms with Gasteiger partial charge in [0.05, 0.1) is 0 Å². The highest BCUT2D eigenvalue weighted by atomic mass is 28.3.